The molecule has 0 aliphatic rings. The van der Waals surface area contributed by atoms with Crippen molar-refractivity contribution >= 4 is 15.9 Å². The fourth-order valence-electron chi connectivity index (χ4n) is 1.35. The van der Waals surface area contributed by atoms with E-state index in [0.29, 0.717) is 11.3 Å². The summed E-state index contributed by atoms with van der Waals surface area (Å²) in [6, 6.07) is 1.92. The lowest BCUT2D eigenvalue weighted by molar-refractivity contribution is 0.377. The van der Waals surface area contributed by atoms with Crippen LogP contribution in [0, 0.1) is 12.7 Å². The van der Waals surface area contributed by atoms with Gasteiger partial charge in [0.05, 0.1) is 7.11 Å². The van der Waals surface area contributed by atoms with Crippen LogP contribution >= 0.6 is 15.9 Å². The molecule has 1 nitrogen and oxygen atoms in total. The van der Waals surface area contributed by atoms with Crippen molar-refractivity contribution in [3.8, 4) is 5.75 Å². The SMILES string of the molecule is COc1c(C(C)C)cc(Br)c(C)c1F. The Bertz CT molecular complexity index is 348. The molecule has 0 saturated carbocycles. The summed E-state index contributed by atoms with van der Waals surface area (Å²) in [4.78, 5) is 0. The lowest BCUT2D eigenvalue weighted by Crippen LogP contribution is -2.00. The average Bonchev–Trinajstić information content (AvgIpc) is 2.13. The van der Waals surface area contributed by atoms with Gasteiger partial charge in [0.2, 0.25) is 0 Å². The summed E-state index contributed by atoms with van der Waals surface area (Å²) in [7, 11) is 1.50. The molecule has 0 amide bonds. The first-order chi connectivity index (χ1) is 6.49. The number of hydrogen-bond acceptors (Lipinski definition) is 1. The summed E-state index contributed by atoms with van der Waals surface area (Å²) in [6.45, 7) is 5.75. The quantitative estimate of drug-likeness (QED) is 0.781. The van der Waals surface area contributed by atoms with Crippen LogP contribution < -0.4 is 4.74 Å². The van der Waals surface area contributed by atoms with E-state index in [1.54, 1.807) is 6.92 Å². The van der Waals surface area contributed by atoms with Crippen LogP contribution in [0.15, 0.2) is 10.5 Å². The van der Waals surface area contributed by atoms with E-state index in [0.717, 1.165) is 10.0 Å². The Morgan fingerprint density at radius 3 is 2.43 bits per heavy atom. The van der Waals surface area contributed by atoms with E-state index in [9.17, 15) is 4.39 Å². The van der Waals surface area contributed by atoms with E-state index in [1.165, 1.54) is 7.11 Å². The molecule has 0 unspecified atom stereocenters. The molecule has 1 rings (SSSR count). The highest BCUT2D eigenvalue weighted by molar-refractivity contribution is 9.10. The summed E-state index contributed by atoms with van der Waals surface area (Å²) in [5.74, 6) is 0.336. The molecule has 0 aromatic heterocycles. The van der Waals surface area contributed by atoms with Gasteiger partial charge in [-0.1, -0.05) is 29.8 Å². The van der Waals surface area contributed by atoms with Crippen LogP contribution in [-0.4, -0.2) is 7.11 Å². The second kappa shape index (κ2) is 4.30. The second-order valence-corrected chi connectivity index (χ2v) is 4.43. The van der Waals surface area contributed by atoms with Gasteiger partial charge in [-0.3, -0.25) is 0 Å². The van der Waals surface area contributed by atoms with Gasteiger partial charge in [0.25, 0.3) is 0 Å². The standard InChI is InChI=1S/C11H14BrFO/c1-6(2)8-5-9(12)7(3)10(13)11(8)14-4/h5-6H,1-4H3. The van der Waals surface area contributed by atoms with Gasteiger partial charge in [-0.15, -0.1) is 0 Å². The van der Waals surface area contributed by atoms with Crippen LogP contribution in [0.25, 0.3) is 0 Å². The number of methoxy groups -OCH3 is 1. The first-order valence-corrected chi connectivity index (χ1v) is 5.30. The number of ether oxygens (including phenoxy) is 1. The Morgan fingerprint density at radius 1 is 1.43 bits per heavy atom. The summed E-state index contributed by atoms with van der Waals surface area (Å²) in [6.07, 6.45) is 0. The number of rotatable bonds is 2. The van der Waals surface area contributed by atoms with Crippen LogP contribution in [0.5, 0.6) is 5.75 Å². The third-order valence-electron chi connectivity index (χ3n) is 2.26. The monoisotopic (exact) mass is 260 g/mol. The Hall–Kier alpha value is -0.570. The molecule has 14 heavy (non-hydrogen) atoms. The molecule has 1 aromatic rings. The highest BCUT2D eigenvalue weighted by Gasteiger charge is 2.16. The predicted molar refractivity (Wildman–Crippen MR) is 59.5 cm³/mol. The predicted octanol–water partition coefficient (Wildman–Crippen LogP) is 4.03. The molecule has 0 saturated heterocycles. The maximum absolute atomic E-state index is 13.7. The number of hydrogen-bond donors (Lipinski definition) is 0. The normalized spacial score (nSPS) is 10.8. The zero-order valence-electron chi connectivity index (χ0n) is 8.82. The highest BCUT2D eigenvalue weighted by Crippen LogP contribution is 2.35. The van der Waals surface area contributed by atoms with Crippen molar-refractivity contribution in [1.82, 2.24) is 0 Å². The van der Waals surface area contributed by atoms with E-state index in [-0.39, 0.29) is 11.7 Å². The molecule has 78 valence electrons. The van der Waals surface area contributed by atoms with Gasteiger partial charge in [0.1, 0.15) is 0 Å². The summed E-state index contributed by atoms with van der Waals surface area (Å²) in [5, 5.41) is 0. The highest BCUT2D eigenvalue weighted by atomic mass is 79.9. The molecule has 0 atom stereocenters. The molecule has 0 aliphatic heterocycles. The zero-order valence-corrected chi connectivity index (χ0v) is 10.4. The van der Waals surface area contributed by atoms with E-state index in [4.69, 9.17) is 4.74 Å². The molecule has 0 heterocycles. The van der Waals surface area contributed by atoms with Gasteiger partial charge < -0.3 is 4.74 Å². The fourth-order valence-corrected chi connectivity index (χ4v) is 1.77. The topological polar surface area (TPSA) is 9.23 Å². The van der Waals surface area contributed by atoms with Crippen LogP contribution in [0.2, 0.25) is 0 Å². The van der Waals surface area contributed by atoms with Gasteiger partial charge in [-0.2, -0.15) is 0 Å². The average molecular weight is 261 g/mol. The lowest BCUT2D eigenvalue weighted by Gasteiger charge is -2.15. The van der Waals surface area contributed by atoms with Gasteiger partial charge in [-0.25, -0.2) is 4.39 Å². The Balaban J connectivity index is 3.43. The summed E-state index contributed by atoms with van der Waals surface area (Å²) >= 11 is 3.33. The molecular weight excluding hydrogens is 247 g/mol. The second-order valence-electron chi connectivity index (χ2n) is 3.57. The van der Waals surface area contributed by atoms with Gasteiger partial charge >= 0.3 is 0 Å². The largest absolute Gasteiger partial charge is 0.493 e. The molecule has 0 N–H and O–H groups in total. The third kappa shape index (κ3) is 1.92. The minimum absolute atomic E-state index is 0.247. The van der Waals surface area contributed by atoms with Crippen molar-refractivity contribution < 1.29 is 9.13 Å². The molecule has 0 bridgehead atoms. The van der Waals surface area contributed by atoms with Crippen molar-refractivity contribution in [2.24, 2.45) is 0 Å². The van der Waals surface area contributed by atoms with Crippen molar-refractivity contribution in [3.63, 3.8) is 0 Å². The lowest BCUT2D eigenvalue weighted by atomic mass is 10.00. The molecule has 0 radical (unpaired) electrons. The Labute approximate surface area is 92.4 Å². The molecule has 0 spiro atoms. The van der Waals surface area contributed by atoms with Gasteiger partial charge in [-0.05, 0) is 18.9 Å². The van der Waals surface area contributed by atoms with E-state index in [2.05, 4.69) is 15.9 Å². The van der Waals surface area contributed by atoms with Gasteiger partial charge in [0.15, 0.2) is 11.6 Å². The zero-order chi connectivity index (χ0) is 10.9. The van der Waals surface area contributed by atoms with E-state index >= 15 is 0 Å². The van der Waals surface area contributed by atoms with E-state index in [1.807, 2.05) is 19.9 Å². The summed E-state index contributed by atoms with van der Waals surface area (Å²) in [5.41, 5.74) is 1.48. The van der Waals surface area contributed by atoms with Gasteiger partial charge in [0, 0.05) is 15.6 Å². The Kier molecular flexibility index (Phi) is 3.53. The molecule has 1 aromatic carbocycles. The van der Waals surface area contributed by atoms with Crippen LogP contribution in [0.4, 0.5) is 4.39 Å². The van der Waals surface area contributed by atoms with Crippen LogP contribution in [0.1, 0.15) is 30.9 Å². The first kappa shape index (κ1) is 11.5. The van der Waals surface area contributed by atoms with Crippen molar-refractivity contribution in [1.29, 1.82) is 0 Å². The van der Waals surface area contributed by atoms with E-state index < -0.39 is 0 Å². The first-order valence-electron chi connectivity index (χ1n) is 4.51. The molecule has 0 aliphatic carbocycles. The minimum atomic E-state index is -0.273. The molecule has 0 fully saturated rings. The summed E-state index contributed by atoms with van der Waals surface area (Å²) < 4.78 is 19.6. The third-order valence-corrected chi connectivity index (χ3v) is 3.08. The smallest absolute Gasteiger partial charge is 0.169 e. The Morgan fingerprint density at radius 2 is 2.00 bits per heavy atom. The fraction of sp³-hybridized carbons (Fsp3) is 0.455. The van der Waals surface area contributed by atoms with Crippen LogP contribution in [-0.2, 0) is 0 Å². The van der Waals surface area contributed by atoms with Crippen molar-refractivity contribution in [3.05, 3.63) is 27.5 Å². The number of halogens is 2. The minimum Gasteiger partial charge on any atom is -0.493 e. The molecular formula is C11H14BrFO. The number of benzene rings is 1. The maximum Gasteiger partial charge on any atom is 0.169 e. The van der Waals surface area contributed by atoms with Crippen molar-refractivity contribution in [2.45, 2.75) is 26.7 Å². The van der Waals surface area contributed by atoms with Crippen molar-refractivity contribution in [2.75, 3.05) is 7.11 Å². The van der Waals surface area contributed by atoms with Crippen LogP contribution in [0.3, 0.4) is 0 Å². The molecule has 3 heteroatoms. The maximum atomic E-state index is 13.7.